The zero-order chi connectivity index (χ0) is 10.2. The minimum atomic E-state index is 0.448. The molecule has 0 aliphatic carbocycles. The highest BCUT2D eigenvalue weighted by molar-refractivity contribution is 5.22. The molecule has 0 unspecified atom stereocenters. The van der Waals surface area contributed by atoms with Gasteiger partial charge in [-0.3, -0.25) is 4.98 Å². The molecule has 0 bridgehead atoms. The van der Waals surface area contributed by atoms with Crippen LogP contribution in [0.3, 0.4) is 0 Å². The summed E-state index contributed by atoms with van der Waals surface area (Å²) in [5.41, 5.74) is 6.32. The van der Waals surface area contributed by atoms with Gasteiger partial charge in [-0.2, -0.15) is 0 Å². The van der Waals surface area contributed by atoms with Gasteiger partial charge in [0.25, 0.3) is 0 Å². The second-order valence-corrected chi connectivity index (χ2v) is 2.97. The van der Waals surface area contributed by atoms with Crippen molar-refractivity contribution < 1.29 is 4.74 Å². The van der Waals surface area contributed by atoms with Crippen LogP contribution < -0.4 is 10.5 Å². The highest BCUT2D eigenvalue weighted by Gasteiger charge is 1.95. The van der Waals surface area contributed by atoms with E-state index < -0.39 is 0 Å². The maximum absolute atomic E-state index is 5.51. The molecule has 0 aliphatic rings. The molecule has 14 heavy (non-hydrogen) atoms. The third kappa shape index (κ3) is 3.58. The molecule has 0 saturated heterocycles. The molecule has 0 amide bonds. The first-order chi connectivity index (χ1) is 6.86. The van der Waals surface area contributed by atoms with Gasteiger partial charge in [-0.05, 0) is 18.9 Å². The summed E-state index contributed by atoms with van der Waals surface area (Å²) in [4.78, 5) is 4.08. The van der Waals surface area contributed by atoms with Crippen LogP contribution in [0.15, 0.2) is 31.0 Å². The van der Waals surface area contributed by atoms with E-state index >= 15 is 0 Å². The lowest BCUT2D eigenvalue weighted by molar-refractivity contribution is 0.311. The number of nitrogens with zero attached hydrogens (tertiary/aromatic N) is 1. The molecule has 1 aromatic rings. The van der Waals surface area contributed by atoms with Crippen molar-refractivity contribution in [3.05, 3.63) is 36.7 Å². The lowest BCUT2D eigenvalue weighted by atomic mass is 10.3. The van der Waals surface area contributed by atoms with Crippen LogP contribution in [0, 0.1) is 0 Å². The SMILES string of the molecule is C=CCCCOc1ccnc(CN)c1. The van der Waals surface area contributed by atoms with Gasteiger partial charge >= 0.3 is 0 Å². The zero-order valence-corrected chi connectivity index (χ0v) is 8.28. The van der Waals surface area contributed by atoms with Gasteiger partial charge in [0.05, 0.1) is 12.3 Å². The van der Waals surface area contributed by atoms with Crippen molar-refractivity contribution in [1.82, 2.24) is 4.98 Å². The Bertz CT molecular complexity index is 286. The van der Waals surface area contributed by atoms with Gasteiger partial charge in [-0.25, -0.2) is 0 Å². The second kappa shape index (κ2) is 6.16. The summed E-state index contributed by atoms with van der Waals surface area (Å²) in [6, 6.07) is 3.71. The van der Waals surface area contributed by atoms with Crippen LogP contribution >= 0.6 is 0 Å². The predicted octanol–water partition coefficient (Wildman–Crippen LogP) is 1.89. The minimum Gasteiger partial charge on any atom is -0.493 e. The van der Waals surface area contributed by atoms with E-state index in [1.54, 1.807) is 6.20 Å². The molecule has 0 aliphatic heterocycles. The Balaban J connectivity index is 2.38. The highest BCUT2D eigenvalue weighted by Crippen LogP contribution is 2.10. The highest BCUT2D eigenvalue weighted by atomic mass is 16.5. The third-order valence-electron chi connectivity index (χ3n) is 1.82. The molecule has 0 radical (unpaired) electrons. The predicted molar refractivity (Wildman–Crippen MR) is 57.1 cm³/mol. The molecule has 1 aromatic heterocycles. The fourth-order valence-electron chi connectivity index (χ4n) is 1.08. The van der Waals surface area contributed by atoms with E-state index in [1.165, 1.54) is 0 Å². The van der Waals surface area contributed by atoms with E-state index in [9.17, 15) is 0 Å². The number of hydrogen-bond donors (Lipinski definition) is 1. The van der Waals surface area contributed by atoms with Gasteiger partial charge in [0.2, 0.25) is 0 Å². The number of rotatable bonds is 6. The Labute approximate surface area is 84.6 Å². The first-order valence-corrected chi connectivity index (χ1v) is 4.75. The van der Waals surface area contributed by atoms with E-state index in [4.69, 9.17) is 10.5 Å². The molecule has 0 fully saturated rings. The van der Waals surface area contributed by atoms with Crippen LogP contribution in [0.1, 0.15) is 18.5 Å². The van der Waals surface area contributed by atoms with Crippen LogP contribution in [0.4, 0.5) is 0 Å². The number of ether oxygens (including phenoxy) is 1. The van der Waals surface area contributed by atoms with Crippen molar-refractivity contribution in [3.63, 3.8) is 0 Å². The Morgan fingerprint density at radius 1 is 1.57 bits per heavy atom. The summed E-state index contributed by atoms with van der Waals surface area (Å²) >= 11 is 0. The van der Waals surface area contributed by atoms with Crippen molar-refractivity contribution in [2.45, 2.75) is 19.4 Å². The lowest BCUT2D eigenvalue weighted by Crippen LogP contribution is -2.01. The van der Waals surface area contributed by atoms with Crippen LogP contribution in [0.2, 0.25) is 0 Å². The average molecular weight is 192 g/mol. The van der Waals surface area contributed by atoms with Crippen molar-refractivity contribution >= 4 is 0 Å². The van der Waals surface area contributed by atoms with Crippen molar-refractivity contribution in [2.24, 2.45) is 5.73 Å². The van der Waals surface area contributed by atoms with E-state index in [0.29, 0.717) is 13.2 Å². The zero-order valence-electron chi connectivity index (χ0n) is 8.28. The summed E-state index contributed by atoms with van der Waals surface area (Å²) in [5, 5.41) is 0. The number of hydrogen-bond acceptors (Lipinski definition) is 3. The van der Waals surface area contributed by atoms with E-state index in [0.717, 1.165) is 24.3 Å². The van der Waals surface area contributed by atoms with Gasteiger partial charge in [-0.15, -0.1) is 6.58 Å². The summed E-state index contributed by atoms with van der Waals surface area (Å²) in [6.07, 6.45) is 5.57. The maximum Gasteiger partial charge on any atom is 0.122 e. The topological polar surface area (TPSA) is 48.1 Å². The first-order valence-electron chi connectivity index (χ1n) is 4.75. The van der Waals surface area contributed by atoms with Crippen LogP contribution in [-0.4, -0.2) is 11.6 Å². The number of nitrogens with two attached hydrogens (primary N) is 1. The van der Waals surface area contributed by atoms with Gasteiger partial charge in [0, 0.05) is 18.8 Å². The minimum absolute atomic E-state index is 0.448. The largest absolute Gasteiger partial charge is 0.493 e. The van der Waals surface area contributed by atoms with E-state index in [-0.39, 0.29) is 0 Å². The molecule has 76 valence electrons. The van der Waals surface area contributed by atoms with Gasteiger partial charge in [-0.1, -0.05) is 6.08 Å². The fourth-order valence-corrected chi connectivity index (χ4v) is 1.08. The van der Waals surface area contributed by atoms with E-state index in [2.05, 4.69) is 11.6 Å². The van der Waals surface area contributed by atoms with Crippen LogP contribution in [0.25, 0.3) is 0 Å². The second-order valence-electron chi connectivity index (χ2n) is 2.97. The molecule has 0 saturated carbocycles. The van der Waals surface area contributed by atoms with Crippen molar-refractivity contribution in [1.29, 1.82) is 0 Å². The van der Waals surface area contributed by atoms with E-state index in [1.807, 2.05) is 18.2 Å². The molecule has 0 atom stereocenters. The van der Waals surface area contributed by atoms with Gasteiger partial charge in [0.15, 0.2) is 0 Å². The Kier molecular flexibility index (Phi) is 4.72. The van der Waals surface area contributed by atoms with Gasteiger partial charge < -0.3 is 10.5 Å². The Hall–Kier alpha value is -1.35. The van der Waals surface area contributed by atoms with Crippen LogP contribution in [-0.2, 0) is 6.54 Å². The third-order valence-corrected chi connectivity index (χ3v) is 1.82. The van der Waals surface area contributed by atoms with Crippen LogP contribution in [0.5, 0.6) is 5.75 Å². The van der Waals surface area contributed by atoms with Crippen molar-refractivity contribution in [2.75, 3.05) is 6.61 Å². The molecule has 1 rings (SSSR count). The number of allylic oxidation sites excluding steroid dienone is 1. The molecular formula is C11H16N2O. The molecular weight excluding hydrogens is 176 g/mol. The normalized spacial score (nSPS) is 9.79. The monoisotopic (exact) mass is 192 g/mol. The Morgan fingerprint density at radius 3 is 3.14 bits per heavy atom. The number of unbranched alkanes of at least 4 members (excludes halogenated alkanes) is 1. The Morgan fingerprint density at radius 2 is 2.43 bits per heavy atom. The molecule has 2 N–H and O–H groups in total. The smallest absolute Gasteiger partial charge is 0.122 e. The van der Waals surface area contributed by atoms with Crippen molar-refractivity contribution in [3.8, 4) is 5.75 Å². The molecule has 0 spiro atoms. The number of aromatic nitrogens is 1. The molecule has 3 nitrogen and oxygen atoms in total. The number of pyridine rings is 1. The molecule has 0 aromatic carbocycles. The average Bonchev–Trinajstić information content (AvgIpc) is 2.25. The molecule has 3 heteroatoms. The molecule has 1 heterocycles. The lowest BCUT2D eigenvalue weighted by Gasteiger charge is -2.05. The summed E-state index contributed by atoms with van der Waals surface area (Å²) < 4.78 is 5.51. The quantitative estimate of drug-likeness (QED) is 0.553. The summed E-state index contributed by atoms with van der Waals surface area (Å²) in [6.45, 7) is 4.81. The fraction of sp³-hybridized carbons (Fsp3) is 0.364. The standard InChI is InChI=1S/C11H16N2O/c1-2-3-4-7-14-11-5-6-13-10(8-11)9-12/h2,5-6,8H,1,3-4,7,9,12H2. The first kappa shape index (κ1) is 10.7. The maximum atomic E-state index is 5.51. The summed E-state index contributed by atoms with van der Waals surface area (Å²) in [5.74, 6) is 0.838. The summed E-state index contributed by atoms with van der Waals surface area (Å²) in [7, 11) is 0. The van der Waals surface area contributed by atoms with Gasteiger partial charge in [0.1, 0.15) is 5.75 Å².